The molecule has 0 saturated heterocycles. The lowest BCUT2D eigenvalue weighted by Gasteiger charge is -2.14. The fraction of sp³-hybridized carbons (Fsp3) is 0.167. The first-order valence-electron chi connectivity index (χ1n) is 6.85. The maximum absolute atomic E-state index is 10.7. The van der Waals surface area contributed by atoms with Crippen molar-refractivity contribution in [2.24, 2.45) is 0 Å². The molecule has 0 N–H and O–H groups in total. The lowest BCUT2D eigenvalue weighted by molar-refractivity contribution is -0.255. The molecular formula is C18H17O4-. The summed E-state index contributed by atoms with van der Waals surface area (Å²) >= 11 is 0. The third-order valence-electron chi connectivity index (χ3n) is 3.22. The summed E-state index contributed by atoms with van der Waals surface area (Å²) in [5, 5.41) is 10.7. The van der Waals surface area contributed by atoms with Crippen molar-refractivity contribution in [3.8, 4) is 11.5 Å². The summed E-state index contributed by atoms with van der Waals surface area (Å²) in [6.07, 6.45) is 2.48. The van der Waals surface area contributed by atoms with Gasteiger partial charge in [-0.1, -0.05) is 42.5 Å². The van der Waals surface area contributed by atoms with Crippen LogP contribution in [0.3, 0.4) is 0 Å². The highest BCUT2D eigenvalue weighted by molar-refractivity contribution is 5.85. The van der Waals surface area contributed by atoms with E-state index in [9.17, 15) is 9.90 Å². The normalized spacial score (nSPS) is 10.0. The van der Waals surface area contributed by atoms with Gasteiger partial charge in [-0.2, -0.15) is 0 Å². The van der Waals surface area contributed by atoms with Crippen LogP contribution in [0.1, 0.15) is 21.5 Å². The van der Waals surface area contributed by atoms with Crippen LogP contribution >= 0.6 is 0 Å². The lowest BCUT2D eigenvalue weighted by atomic mass is 10.1. The molecule has 0 aromatic heterocycles. The monoisotopic (exact) mass is 297 g/mol. The van der Waals surface area contributed by atoms with Gasteiger partial charge in [-0.05, 0) is 23.6 Å². The van der Waals surface area contributed by atoms with Gasteiger partial charge in [0.05, 0.1) is 13.1 Å². The van der Waals surface area contributed by atoms with Gasteiger partial charge in [-0.15, -0.1) is 6.58 Å². The molecule has 0 amide bonds. The van der Waals surface area contributed by atoms with Crippen LogP contribution in [0.25, 0.3) is 0 Å². The van der Waals surface area contributed by atoms with Crippen molar-refractivity contribution in [3.05, 3.63) is 71.8 Å². The van der Waals surface area contributed by atoms with Gasteiger partial charge >= 0.3 is 0 Å². The molecule has 0 aliphatic heterocycles. The minimum atomic E-state index is -1.19. The van der Waals surface area contributed by atoms with E-state index in [2.05, 4.69) is 6.58 Å². The zero-order valence-corrected chi connectivity index (χ0v) is 12.4. The highest BCUT2D eigenvalue weighted by atomic mass is 16.5. The van der Waals surface area contributed by atoms with E-state index < -0.39 is 5.97 Å². The van der Waals surface area contributed by atoms with Gasteiger partial charge in [-0.3, -0.25) is 0 Å². The first-order valence-corrected chi connectivity index (χ1v) is 6.85. The first-order chi connectivity index (χ1) is 10.7. The molecule has 4 nitrogen and oxygen atoms in total. The third kappa shape index (κ3) is 3.67. The fourth-order valence-corrected chi connectivity index (χ4v) is 2.09. The van der Waals surface area contributed by atoms with Crippen molar-refractivity contribution in [3.63, 3.8) is 0 Å². The van der Waals surface area contributed by atoms with Gasteiger partial charge in [0.15, 0.2) is 11.5 Å². The van der Waals surface area contributed by atoms with Gasteiger partial charge in [0.25, 0.3) is 0 Å². The molecule has 0 radical (unpaired) electrons. The standard InChI is InChI=1S/C18H18O4/c1-3-5-14-6-4-7-16(21-2)17(14)22-12-13-8-10-15(11-9-13)18(19)20/h3-4,6-11H,1,5,12H2,2H3,(H,19,20)/p-1. The Bertz CT molecular complexity index is 659. The minimum absolute atomic E-state index is 0.147. The Morgan fingerprint density at radius 1 is 1.23 bits per heavy atom. The summed E-state index contributed by atoms with van der Waals surface area (Å²) in [5.74, 6) is 0.144. The van der Waals surface area contributed by atoms with Crippen molar-refractivity contribution >= 4 is 5.97 Å². The number of hydrogen-bond acceptors (Lipinski definition) is 4. The summed E-state index contributed by atoms with van der Waals surface area (Å²) < 4.78 is 11.2. The van der Waals surface area contributed by atoms with Gasteiger partial charge in [0.1, 0.15) is 6.61 Å². The first kappa shape index (κ1) is 15.6. The molecule has 0 heterocycles. The molecule has 2 aromatic carbocycles. The summed E-state index contributed by atoms with van der Waals surface area (Å²) in [5.41, 5.74) is 1.99. The second-order valence-electron chi connectivity index (χ2n) is 4.71. The number of benzene rings is 2. The minimum Gasteiger partial charge on any atom is -0.545 e. The number of carboxylic acid groups (broad SMARTS) is 1. The molecule has 0 spiro atoms. The van der Waals surface area contributed by atoms with Crippen LogP contribution in [0.5, 0.6) is 11.5 Å². The number of ether oxygens (including phenoxy) is 2. The molecule has 2 aromatic rings. The summed E-state index contributed by atoms with van der Waals surface area (Å²) in [6.45, 7) is 4.06. The van der Waals surface area contributed by atoms with Gasteiger partial charge in [0.2, 0.25) is 0 Å². The Labute approximate surface area is 129 Å². The van der Waals surface area contributed by atoms with Crippen LogP contribution < -0.4 is 14.6 Å². The molecule has 0 bridgehead atoms. The second kappa shape index (κ2) is 7.31. The largest absolute Gasteiger partial charge is 0.545 e. The number of methoxy groups -OCH3 is 1. The van der Waals surface area contributed by atoms with Crippen molar-refractivity contribution in [2.75, 3.05) is 7.11 Å². The topological polar surface area (TPSA) is 58.6 Å². The van der Waals surface area contributed by atoms with Gasteiger partial charge in [-0.25, -0.2) is 0 Å². The molecule has 114 valence electrons. The quantitative estimate of drug-likeness (QED) is 0.736. The molecule has 0 saturated carbocycles. The van der Waals surface area contributed by atoms with E-state index in [1.165, 1.54) is 12.1 Å². The molecule has 2 rings (SSSR count). The maximum atomic E-state index is 10.7. The van der Waals surface area contributed by atoms with E-state index in [0.717, 1.165) is 11.1 Å². The van der Waals surface area contributed by atoms with E-state index in [1.807, 2.05) is 18.2 Å². The Morgan fingerprint density at radius 2 is 1.95 bits per heavy atom. The third-order valence-corrected chi connectivity index (χ3v) is 3.22. The van der Waals surface area contributed by atoms with Crippen molar-refractivity contribution in [1.29, 1.82) is 0 Å². The zero-order chi connectivity index (χ0) is 15.9. The number of aromatic carboxylic acids is 1. The Morgan fingerprint density at radius 3 is 2.55 bits per heavy atom. The van der Waals surface area contributed by atoms with E-state index in [0.29, 0.717) is 24.5 Å². The molecule has 4 heteroatoms. The molecule has 0 atom stereocenters. The summed E-state index contributed by atoms with van der Waals surface area (Å²) in [6, 6.07) is 12.1. The highest BCUT2D eigenvalue weighted by Gasteiger charge is 2.09. The van der Waals surface area contributed by atoms with Gasteiger partial charge in [0, 0.05) is 5.56 Å². The van der Waals surface area contributed by atoms with Crippen LogP contribution in [-0.4, -0.2) is 13.1 Å². The van der Waals surface area contributed by atoms with Crippen LogP contribution in [0, 0.1) is 0 Å². The molecule has 0 aliphatic rings. The predicted molar refractivity (Wildman–Crippen MR) is 82.0 cm³/mol. The Balaban J connectivity index is 2.16. The zero-order valence-electron chi connectivity index (χ0n) is 12.4. The van der Waals surface area contributed by atoms with Crippen LogP contribution in [0.4, 0.5) is 0 Å². The number of allylic oxidation sites excluding steroid dienone is 1. The Hall–Kier alpha value is -2.75. The lowest BCUT2D eigenvalue weighted by Crippen LogP contribution is -2.22. The highest BCUT2D eigenvalue weighted by Crippen LogP contribution is 2.32. The number of para-hydroxylation sites is 1. The maximum Gasteiger partial charge on any atom is 0.165 e. The van der Waals surface area contributed by atoms with E-state index in [1.54, 1.807) is 25.3 Å². The SMILES string of the molecule is C=CCc1cccc(OC)c1OCc1ccc(C(=O)[O-])cc1. The molecular weight excluding hydrogens is 280 g/mol. The number of rotatable bonds is 7. The fourth-order valence-electron chi connectivity index (χ4n) is 2.09. The second-order valence-corrected chi connectivity index (χ2v) is 4.71. The average molecular weight is 297 g/mol. The Kier molecular flexibility index (Phi) is 5.20. The van der Waals surface area contributed by atoms with E-state index >= 15 is 0 Å². The van der Waals surface area contributed by atoms with Crippen LogP contribution in [0.2, 0.25) is 0 Å². The smallest absolute Gasteiger partial charge is 0.165 e. The van der Waals surface area contributed by atoms with Crippen molar-refractivity contribution < 1.29 is 19.4 Å². The number of hydrogen-bond donors (Lipinski definition) is 0. The number of carbonyl (C=O) groups excluding carboxylic acids is 1. The average Bonchev–Trinajstić information content (AvgIpc) is 2.54. The molecule has 0 fully saturated rings. The number of carboxylic acids is 1. The van der Waals surface area contributed by atoms with E-state index in [4.69, 9.17) is 9.47 Å². The summed E-state index contributed by atoms with van der Waals surface area (Å²) in [4.78, 5) is 10.7. The molecule has 0 unspecified atom stereocenters. The predicted octanol–water partition coefficient (Wildman–Crippen LogP) is 2.37. The van der Waals surface area contributed by atoms with Crippen molar-refractivity contribution in [2.45, 2.75) is 13.0 Å². The number of carbonyl (C=O) groups is 1. The van der Waals surface area contributed by atoms with Crippen LogP contribution in [-0.2, 0) is 13.0 Å². The van der Waals surface area contributed by atoms with Gasteiger partial charge < -0.3 is 19.4 Å². The van der Waals surface area contributed by atoms with E-state index in [-0.39, 0.29) is 5.56 Å². The summed E-state index contributed by atoms with van der Waals surface area (Å²) in [7, 11) is 1.59. The van der Waals surface area contributed by atoms with Crippen LogP contribution in [0.15, 0.2) is 55.1 Å². The molecule has 22 heavy (non-hydrogen) atoms. The van der Waals surface area contributed by atoms with Crippen molar-refractivity contribution in [1.82, 2.24) is 0 Å². The molecule has 0 aliphatic carbocycles.